The van der Waals surface area contributed by atoms with Crippen LogP contribution in [0, 0.1) is 6.92 Å². The summed E-state index contributed by atoms with van der Waals surface area (Å²) < 4.78 is 0. The molecule has 1 N–H and O–H groups in total. The molecule has 28 heavy (non-hydrogen) atoms. The molecule has 6 heteroatoms. The Morgan fingerprint density at radius 2 is 1.36 bits per heavy atom. The second kappa shape index (κ2) is 7.47. The largest absolute Gasteiger partial charge is 0.371 e. The van der Waals surface area contributed by atoms with Gasteiger partial charge in [0.05, 0.1) is 0 Å². The Morgan fingerprint density at radius 1 is 0.821 bits per heavy atom. The van der Waals surface area contributed by atoms with E-state index in [1.807, 2.05) is 31.2 Å². The van der Waals surface area contributed by atoms with Crippen molar-refractivity contribution in [3.8, 4) is 0 Å². The van der Waals surface area contributed by atoms with Crippen molar-refractivity contribution >= 4 is 40.6 Å². The SMILES string of the molecule is Cc1cccc([C@@H]2C(O)N(c3ccc(Cl)cc3)C(=O)N2c2ccc(Cl)cc2)c1. The zero-order valence-electron chi connectivity index (χ0n) is 15.1. The van der Waals surface area contributed by atoms with E-state index in [0.717, 1.165) is 11.1 Å². The molecule has 0 spiro atoms. The number of carbonyl (C=O) groups is 1. The summed E-state index contributed by atoms with van der Waals surface area (Å²) in [5.41, 5.74) is 3.15. The Hall–Kier alpha value is -2.53. The summed E-state index contributed by atoms with van der Waals surface area (Å²) >= 11 is 12.0. The quantitative estimate of drug-likeness (QED) is 0.589. The second-order valence-corrected chi connectivity index (χ2v) is 7.62. The lowest BCUT2D eigenvalue weighted by atomic mass is 10.0. The summed E-state index contributed by atoms with van der Waals surface area (Å²) in [5, 5.41) is 12.3. The van der Waals surface area contributed by atoms with Crippen molar-refractivity contribution in [1.82, 2.24) is 0 Å². The highest BCUT2D eigenvalue weighted by Gasteiger charge is 2.47. The number of anilines is 2. The maximum Gasteiger partial charge on any atom is 0.331 e. The standard InChI is InChI=1S/C22H18Cl2N2O2/c1-14-3-2-4-15(13-14)20-21(27)26(19-11-7-17(24)8-12-19)22(28)25(20)18-9-5-16(23)6-10-18/h2-13,20-21,27H,1H3/t20-,21?/m1/s1. The highest BCUT2D eigenvalue weighted by atomic mass is 35.5. The molecule has 0 bridgehead atoms. The molecule has 1 aliphatic rings. The fraction of sp³-hybridized carbons (Fsp3) is 0.136. The third kappa shape index (κ3) is 3.35. The number of aliphatic hydroxyl groups is 1. The molecular formula is C22H18Cl2N2O2. The number of hydrogen-bond acceptors (Lipinski definition) is 2. The number of nitrogens with zero attached hydrogens (tertiary/aromatic N) is 2. The van der Waals surface area contributed by atoms with E-state index in [1.54, 1.807) is 53.4 Å². The zero-order chi connectivity index (χ0) is 19.8. The Morgan fingerprint density at radius 3 is 1.89 bits per heavy atom. The normalized spacial score (nSPS) is 19.4. The molecule has 3 aromatic carbocycles. The van der Waals surface area contributed by atoms with E-state index in [9.17, 15) is 9.90 Å². The molecule has 142 valence electrons. The van der Waals surface area contributed by atoms with E-state index in [0.29, 0.717) is 21.4 Å². The van der Waals surface area contributed by atoms with Crippen molar-refractivity contribution in [1.29, 1.82) is 0 Å². The van der Waals surface area contributed by atoms with E-state index in [2.05, 4.69) is 0 Å². The van der Waals surface area contributed by atoms with Gasteiger partial charge in [-0.05, 0) is 61.0 Å². The van der Waals surface area contributed by atoms with Crippen LogP contribution in [0.3, 0.4) is 0 Å². The summed E-state index contributed by atoms with van der Waals surface area (Å²) in [7, 11) is 0. The summed E-state index contributed by atoms with van der Waals surface area (Å²) in [5.74, 6) is 0. The van der Waals surface area contributed by atoms with Crippen molar-refractivity contribution < 1.29 is 9.90 Å². The van der Waals surface area contributed by atoms with Crippen LogP contribution in [0.15, 0.2) is 72.8 Å². The van der Waals surface area contributed by atoms with Crippen LogP contribution >= 0.6 is 23.2 Å². The lowest BCUT2D eigenvalue weighted by molar-refractivity contribution is 0.166. The Balaban J connectivity index is 1.83. The molecule has 1 unspecified atom stereocenters. The molecule has 4 rings (SSSR count). The summed E-state index contributed by atoms with van der Waals surface area (Å²) in [4.78, 5) is 16.4. The average Bonchev–Trinajstić information content (AvgIpc) is 2.94. The van der Waals surface area contributed by atoms with E-state index < -0.39 is 12.3 Å². The molecule has 0 saturated carbocycles. The zero-order valence-corrected chi connectivity index (χ0v) is 16.6. The molecule has 0 aromatic heterocycles. The number of urea groups is 1. The summed E-state index contributed by atoms with van der Waals surface area (Å²) in [6.07, 6.45) is -1.06. The molecule has 1 heterocycles. The fourth-order valence-corrected chi connectivity index (χ4v) is 3.79. The van der Waals surface area contributed by atoms with Crippen LogP contribution in [0.1, 0.15) is 17.2 Å². The van der Waals surface area contributed by atoms with Gasteiger partial charge < -0.3 is 5.11 Å². The van der Waals surface area contributed by atoms with Crippen LogP contribution in [0.5, 0.6) is 0 Å². The minimum absolute atomic E-state index is 0.316. The molecule has 0 radical (unpaired) electrons. The highest BCUT2D eigenvalue weighted by molar-refractivity contribution is 6.31. The van der Waals surface area contributed by atoms with Crippen LogP contribution in [0.4, 0.5) is 16.2 Å². The van der Waals surface area contributed by atoms with Gasteiger partial charge in [0.1, 0.15) is 6.04 Å². The Bertz CT molecular complexity index is 1010. The van der Waals surface area contributed by atoms with E-state index in [-0.39, 0.29) is 6.03 Å². The number of aliphatic hydroxyl groups excluding tert-OH is 1. The van der Waals surface area contributed by atoms with Gasteiger partial charge in [-0.2, -0.15) is 0 Å². The van der Waals surface area contributed by atoms with Crippen LogP contribution in [0.2, 0.25) is 10.0 Å². The predicted octanol–water partition coefficient (Wildman–Crippen LogP) is 5.81. The maximum atomic E-state index is 13.4. The fourth-order valence-electron chi connectivity index (χ4n) is 3.54. The monoisotopic (exact) mass is 412 g/mol. The van der Waals surface area contributed by atoms with E-state index in [4.69, 9.17) is 23.2 Å². The minimum Gasteiger partial charge on any atom is -0.371 e. The van der Waals surface area contributed by atoms with Crippen LogP contribution < -0.4 is 9.80 Å². The Kier molecular flexibility index (Phi) is 5.02. The highest BCUT2D eigenvalue weighted by Crippen LogP contribution is 2.41. The number of rotatable bonds is 3. The first-order valence-corrected chi connectivity index (χ1v) is 9.59. The van der Waals surface area contributed by atoms with Crippen LogP contribution in [-0.4, -0.2) is 17.4 Å². The molecular weight excluding hydrogens is 395 g/mol. The van der Waals surface area contributed by atoms with Gasteiger partial charge in [0.25, 0.3) is 0 Å². The molecule has 2 amide bonds. The first-order valence-electron chi connectivity index (χ1n) is 8.84. The molecule has 3 aromatic rings. The number of aryl methyl sites for hydroxylation is 1. The lowest BCUT2D eigenvalue weighted by Crippen LogP contribution is -2.34. The third-order valence-electron chi connectivity index (χ3n) is 4.83. The van der Waals surface area contributed by atoms with Gasteiger partial charge >= 0.3 is 6.03 Å². The maximum absolute atomic E-state index is 13.4. The van der Waals surface area contributed by atoms with Crippen molar-refractivity contribution in [3.63, 3.8) is 0 Å². The van der Waals surface area contributed by atoms with Crippen LogP contribution in [0.25, 0.3) is 0 Å². The van der Waals surface area contributed by atoms with Gasteiger partial charge in [-0.1, -0.05) is 53.0 Å². The molecule has 1 aliphatic heterocycles. The van der Waals surface area contributed by atoms with E-state index in [1.165, 1.54) is 4.90 Å². The minimum atomic E-state index is -1.06. The Labute approximate surface area is 173 Å². The predicted molar refractivity (Wildman–Crippen MR) is 113 cm³/mol. The topological polar surface area (TPSA) is 43.8 Å². The smallest absolute Gasteiger partial charge is 0.331 e. The first-order chi connectivity index (χ1) is 13.5. The van der Waals surface area contributed by atoms with Gasteiger partial charge in [-0.15, -0.1) is 0 Å². The molecule has 1 saturated heterocycles. The average molecular weight is 413 g/mol. The van der Waals surface area contributed by atoms with Gasteiger partial charge in [-0.3, -0.25) is 9.80 Å². The number of hydrogen-bond donors (Lipinski definition) is 1. The van der Waals surface area contributed by atoms with Crippen molar-refractivity contribution in [3.05, 3.63) is 94.0 Å². The van der Waals surface area contributed by atoms with Gasteiger partial charge in [0, 0.05) is 21.4 Å². The molecule has 4 nitrogen and oxygen atoms in total. The van der Waals surface area contributed by atoms with Gasteiger partial charge in [0.2, 0.25) is 0 Å². The first kappa shape index (κ1) is 18.8. The molecule has 0 aliphatic carbocycles. The van der Waals surface area contributed by atoms with Crippen LogP contribution in [-0.2, 0) is 0 Å². The number of carbonyl (C=O) groups excluding carboxylic acids is 1. The third-order valence-corrected chi connectivity index (χ3v) is 5.33. The van der Waals surface area contributed by atoms with Crippen molar-refractivity contribution in [2.45, 2.75) is 19.2 Å². The molecule has 1 fully saturated rings. The van der Waals surface area contributed by atoms with E-state index >= 15 is 0 Å². The van der Waals surface area contributed by atoms with Gasteiger partial charge in [0.15, 0.2) is 6.23 Å². The van der Waals surface area contributed by atoms with Crippen molar-refractivity contribution in [2.24, 2.45) is 0 Å². The lowest BCUT2D eigenvalue weighted by Gasteiger charge is -2.25. The second-order valence-electron chi connectivity index (χ2n) is 6.75. The number of amides is 2. The summed E-state index contributed by atoms with van der Waals surface area (Å²) in [6, 6.07) is 20.8. The van der Waals surface area contributed by atoms with Crippen molar-refractivity contribution in [2.75, 3.05) is 9.80 Å². The van der Waals surface area contributed by atoms with Gasteiger partial charge in [-0.25, -0.2) is 4.79 Å². The number of benzene rings is 3. The summed E-state index contributed by atoms with van der Waals surface area (Å²) in [6.45, 7) is 1.98. The number of halogens is 2. The molecule has 2 atom stereocenters.